The molecule has 2 N–H and O–H groups in total. The Hall–Kier alpha value is -0.740. The molecule has 0 spiro atoms. The second kappa shape index (κ2) is 5.74. The van der Waals surface area contributed by atoms with Gasteiger partial charge in [0.05, 0.1) is 0 Å². The lowest BCUT2D eigenvalue weighted by atomic mass is 10.1. The lowest BCUT2D eigenvalue weighted by molar-refractivity contribution is 0.259. The summed E-state index contributed by atoms with van der Waals surface area (Å²) in [6.07, 6.45) is 1.98. The Bertz CT molecular complexity index is 386. The summed E-state index contributed by atoms with van der Waals surface area (Å²) in [5.41, 5.74) is 6.83. The normalized spacial score (nSPS) is 19.8. The van der Waals surface area contributed by atoms with Gasteiger partial charge in [0.1, 0.15) is 17.7 Å². The third-order valence-electron chi connectivity index (χ3n) is 2.92. The molecule has 1 heterocycles. The van der Waals surface area contributed by atoms with Crippen LogP contribution in [-0.4, -0.2) is 23.7 Å². The number of thioether (sulfide) groups is 1. The van der Waals surface area contributed by atoms with Crippen LogP contribution in [0.1, 0.15) is 18.9 Å². The minimum atomic E-state index is -0.186. The summed E-state index contributed by atoms with van der Waals surface area (Å²) in [7, 11) is 0. The van der Waals surface area contributed by atoms with Crippen molar-refractivity contribution < 1.29 is 9.13 Å². The SMILES string of the molecule is CCC(N)CSCC1Cc2cc(F)ccc2O1. The standard InChI is InChI=1S/C13H18FNOS/c1-2-11(15)7-17-8-12-6-9-5-10(14)3-4-13(9)16-12/h3-5,11-12H,2,6-8,15H2,1H3. The Morgan fingerprint density at radius 3 is 3.18 bits per heavy atom. The Kier molecular flexibility index (Phi) is 4.29. The van der Waals surface area contributed by atoms with Gasteiger partial charge in [0, 0.05) is 29.5 Å². The van der Waals surface area contributed by atoms with Crippen LogP contribution in [0.15, 0.2) is 18.2 Å². The van der Waals surface area contributed by atoms with Crippen molar-refractivity contribution in [2.75, 3.05) is 11.5 Å². The van der Waals surface area contributed by atoms with Crippen LogP contribution >= 0.6 is 11.8 Å². The molecule has 94 valence electrons. The largest absolute Gasteiger partial charge is 0.489 e. The minimum absolute atomic E-state index is 0.167. The van der Waals surface area contributed by atoms with Gasteiger partial charge in [-0.15, -0.1) is 0 Å². The van der Waals surface area contributed by atoms with Gasteiger partial charge in [0.25, 0.3) is 0 Å². The summed E-state index contributed by atoms with van der Waals surface area (Å²) in [6.45, 7) is 2.09. The van der Waals surface area contributed by atoms with E-state index < -0.39 is 0 Å². The number of ether oxygens (including phenoxy) is 1. The number of hydrogen-bond donors (Lipinski definition) is 1. The summed E-state index contributed by atoms with van der Waals surface area (Å²) in [6, 6.07) is 4.99. The molecule has 0 bridgehead atoms. The van der Waals surface area contributed by atoms with Crippen molar-refractivity contribution in [3.63, 3.8) is 0 Å². The van der Waals surface area contributed by atoms with Crippen molar-refractivity contribution in [1.82, 2.24) is 0 Å². The Labute approximate surface area is 106 Å². The van der Waals surface area contributed by atoms with E-state index in [9.17, 15) is 4.39 Å². The van der Waals surface area contributed by atoms with Gasteiger partial charge in [-0.3, -0.25) is 0 Å². The monoisotopic (exact) mass is 255 g/mol. The zero-order chi connectivity index (χ0) is 12.3. The molecule has 2 rings (SSSR count). The van der Waals surface area contributed by atoms with Gasteiger partial charge in [-0.2, -0.15) is 11.8 Å². The molecule has 0 aliphatic carbocycles. The van der Waals surface area contributed by atoms with Crippen molar-refractivity contribution >= 4 is 11.8 Å². The molecule has 1 aromatic carbocycles. The topological polar surface area (TPSA) is 35.2 Å². The molecule has 0 fully saturated rings. The van der Waals surface area contributed by atoms with E-state index in [0.29, 0.717) is 0 Å². The van der Waals surface area contributed by atoms with Crippen molar-refractivity contribution in [2.45, 2.75) is 31.9 Å². The van der Waals surface area contributed by atoms with E-state index in [1.165, 1.54) is 6.07 Å². The first kappa shape index (κ1) is 12.7. The maximum absolute atomic E-state index is 13.0. The molecule has 0 saturated carbocycles. The van der Waals surface area contributed by atoms with Gasteiger partial charge in [-0.25, -0.2) is 4.39 Å². The fourth-order valence-corrected chi connectivity index (χ4v) is 2.97. The van der Waals surface area contributed by atoms with Crippen molar-refractivity contribution in [2.24, 2.45) is 5.73 Å². The van der Waals surface area contributed by atoms with Crippen LogP contribution in [0.2, 0.25) is 0 Å². The highest BCUT2D eigenvalue weighted by molar-refractivity contribution is 7.99. The molecule has 2 atom stereocenters. The quantitative estimate of drug-likeness (QED) is 0.878. The molecule has 1 aliphatic rings. The molecule has 2 unspecified atom stereocenters. The third-order valence-corrected chi connectivity index (χ3v) is 4.20. The van der Waals surface area contributed by atoms with E-state index in [1.807, 2.05) is 11.8 Å². The summed E-state index contributed by atoms with van der Waals surface area (Å²) in [4.78, 5) is 0. The van der Waals surface area contributed by atoms with Crippen molar-refractivity contribution in [3.8, 4) is 5.75 Å². The second-order valence-corrected chi connectivity index (χ2v) is 5.48. The molecule has 4 heteroatoms. The highest BCUT2D eigenvalue weighted by Gasteiger charge is 2.23. The number of halogens is 1. The number of rotatable bonds is 5. The smallest absolute Gasteiger partial charge is 0.123 e. The molecular formula is C13H18FNOS. The summed E-state index contributed by atoms with van der Waals surface area (Å²) in [5, 5.41) is 0. The molecule has 1 aromatic rings. The predicted molar refractivity (Wildman–Crippen MR) is 70.1 cm³/mol. The van der Waals surface area contributed by atoms with Gasteiger partial charge in [-0.1, -0.05) is 6.92 Å². The van der Waals surface area contributed by atoms with E-state index in [0.717, 1.165) is 35.7 Å². The Balaban J connectivity index is 1.80. The fourth-order valence-electron chi connectivity index (χ4n) is 1.85. The highest BCUT2D eigenvalue weighted by atomic mass is 32.2. The first-order chi connectivity index (χ1) is 8.19. The Morgan fingerprint density at radius 2 is 2.41 bits per heavy atom. The van der Waals surface area contributed by atoms with E-state index in [4.69, 9.17) is 10.5 Å². The van der Waals surface area contributed by atoms with Crippen LogP contribution in [0.25, 0.3) is 0 Å². The van der Waals surface area contributed by atoms with Crippen molar-refractivity contribution in [1.29, 1.82) is 0 Å². The number of hydrogen-bond acceptors (Lipinski definition) is 3. The van der Waals surface area contributed by atoms with Crippen LogP contribution in [-0.2, 0) is 6.42 Å². The van der Waals surface area contributed by atoms with Crippen LogP contribution in [0.5, 0.6) is 5.75 Å². The molecular weight excluding hydrogens is 237 g/mol. The van der Waals surface area contributed by atoms with Crippen molar-refractivity contribution in [3.05, 3.63) is 29.6 Å². The maximum atomic E-state index is 13.0. The lowest BCUT2D eigenvalue weighted by Gasteiger charge is -2.12. The number of benzene rings is 1. The molecule has 0 aromatic heterocycles. The van der Waals surface area contributed by atoms with Crippen LogP contribution in [0.3, 0.4) is 0 Å². The van der Waals surface area contributed by atoms with E-state index in [-0.39, 0.29) is 18.0 Å². The van der Waals surface area contributed by atoms with E-state index in [1.54, 1.807) is 12.1 Å². The average molecular weight is 255 g/mol. The maximum Gasteiger partial charge on any atom is 0.123 e. The molecule has 0 amide bonds. The van der Waals surface area contributed by atoms with E-state index >= 15 is 0 Å². The average Bonchev–Trinajstić information content (AvgIpc) is 2.70. The molecule has 0 saturated heterocycles. The van der Waals surface area contributed by atoms with Crippen LogP contribution < -0.4 is 10.5 Å². The van der Waals surface area contributed by atoms with Gasteiger partial charge in [0.15, 0.2) is 0 Å². The van der Waals surface area contributed by atoms with Gasteiger partial charge in [0.2, 0.25) is 0 Å². The molecule has 1 aliphatic heterocycles. The van der Waals surface area contributed by atoms with Crippen LogP contribution in [0.4, 0.5) is 4.39 Å². The number of fused-ring (bicyclic) bond motifs is 1. The lowest BCUT2D eigenvalue weighted by Crippen LogP contribution is -2.23. The second-order valence-electron chi connectivity index (χ2n) is 4.40. The van der Waals surface area contributed by atoms with Crippen LogP contribution in [0, 0.1) is 5.82 Å². The van der Waals surface area contributed by atoms with Gasteiger partial charge >= 0.3 is 0 Å². The van der Waals surface area contributed by atoms with E-state index in [2.05, 4.69) is 6.92 Å². The summed E-state index contributed by atoms with van der Waals surface area (Å²) in [5.74, 6) is 2.52. The predicted octanol–water partition coefficient (Wildman–Crippen LogP) is 2.60. The highest BCUT2D eigenvalue weighted by Crippen LogP contribution is 2.30. The summed E-state index contributed by atoms with van der Waals surface area (Å²) >= 11 is 1.81. The first-order valence-corrected chi connectivity index (χ1v) is 7.13. The third kappa shape index (κ3) is 3.36. The minimum Gasteiger partial charge on any atom is -0.489 e. The zero-order valence-corrected chi connectivity index (χ0v) is 10.8. The summed E-state index contributed by atoms with van der Waals surface area (Å²) < 4.78 is 18.8. The molecule has 17 heavy (non-hydrogen) atoms. The number of nitrogens with two attached hydrogens (primary N) is 1. The molecule has 0 radical (unpaired) electrons. The Morgan fingerprint density at radius 1 is 1.59 bits per heavy atom. The fraction of sp³-hybridized carbons (Fsp3) is 0.538. The molecule has 2 nitrogen and oxygen atoms in total. The van der Waals surface area contributed by atoms with Gasteiger partial charge in [-0.05, 0) is 24.6 Å². The zero-order valence-electron chi connectivity index (χ0n) is 9.99. The first-order valence-electron chi connectivity index (χ1n) is 5.97. The van der Waals surface area contributed by atoms with Gasteiger partial charge < -0.3 is 10.5 Å².